The molecule has 5 rings (SSSR count). The van der Waals surface area contributed by atoms with E-state index in [-0.39, 0.29) is 18.3 Å². The van der Waals surface area contributed by atoms with E-state index >= 15 is 0 Å². The minimum absolute atomic E-state index is 0.0820. The van der Waals surface area contributed by atoms with Crippen molar-refractivity contribution >= 4 is 56.2 Å². The molecule has 2 aliphatic rings. The molecular weight excluding hydrogens is 557 g/mol. The highest BCUT2D eigenvalue weighted by Gasteiger charge is 2.30. The van der Waals surface area contributed by atoms with E-state index in [1.807, 2.05) is 36.4 Å². The van der Waals surface area contributed by atoms with Crippen molar-refractivity contribution in [2.75, 3.05) is 38.3 Å². The van der Waals surface area contributed by atoms with Gasteiger partial charge in [-0.15, -0.1) is 0 Å². The number of morpholine rings is 1. The molecule has 2 aliphatic heterocycles. The SMILES string of the molecule is CN1C(=O)/C(=C/c2cc(Br)ccc2OCc2ccccc2F)SC1=Nc1ccc(N2CCOCC2)cc1. The van der Waals surface area contributed by atoms with E-state index < -0.39 is 0 Å². The maximum absolute atomic E-state index is 14.0. The van der Waals surface area contributed by atoms with Gasteiger partial charge >= 0.3 is 0 Å². The molecule has 0 unspecified atom stereocenters. The number of hydrogen-bond donors (Lipinski definition) is 0. The fraction of sp³-hybridized carbons (Fsp3) is 0.214. The van der Waals surface area contributed by atoms with Crippen LogP contribution in [0.25, 0.3) is 6.08 Å². The van der Waals surface area contributed by atoms with E-state index in [2.05, 4.69) is 20.8 Å². The molecule has 2 heterocycles. The minimum Gasteiger partial charge on any atom is -0.488 e. The number of thioether (sulfide) groups is 1. The first-order chi connectivity index (χ1) is 18.0. The van der Waals surface area contributed by atoms with E-state index in [4.69, 9.17) is 14.5 Å². The van der Waals surface area contributed by atoms with Crippen molar-refractivity contribution in [2.24, 2.45) is 4.99 Å². The monoisotopic (exact) mass is 581 g/mol. The molecule has 0 aromatic heterocycles. The first kappa shape index (κ1) is 25.5. The number of halogens is 2. The third-order valence-electron chi connectivity index (χ3n) is 6.05. The van der Waals surface area contributed by atoms with Crippen molar-refractivity contribution in [3.8, 4) is 5.75 Å². The molecule has 9 heteroatoms. The van der Waals surface area contributed by atoms with Crippen LogP contribution in [0.5, 0.6) is 5.75 Å². The van der Waals surface area contributed by atoms with Crippen LogP contribution >= 0.6 is 27.7 Å². The highest BCUT2D eigenvalue weighted by Crippen LogP contribution is 2.36. The summed E-state index contributed by atoms with van der Waals surface area (Å²) >= 11 is 4.80. The summed E-state index contributed by atoms with van der Waals surface area (Å²) in [6.45, 7) is 3.29. The Kier molecular flexibility index (Phi) is 7.93. The predicted molar refractivity (Wildman–Crippen MR) is 150 cm³/mol. The van der Waals surface area contributed by atoms with Crippen LogP contribution in [0.15, 0.2) is 81.1 Å². The molecule has 3 aromatic rings. The number of carbonyl (C=O) groups is 1. The molecule has 0 bridgehead atoms. The molecule has 0 atom stereocenters. The summed E-state index contributed by atoms with van der Waals surface area (Å²) in [6, 6.07) is 20.0. The molecule has 0 radical (unpaired) electrons. The Morgan fingerprint density at radius 2 is 1.86 bits per heavy atom. The molecule has 0 aliphatic carbocycles. The zero-order chi connectivity index (χ0) is 25.8. The van der Waals surface area contributed by atoms with Crippen molar-refractivity contribution in [2.45, 2.75) is 6.61 Å². The number of amides is 1. The maximum atomic E-state index is 14.0. The summed E-state index contributed by atoms with van der Waals surface area (Å²) in [5.74, 6) is 0.0920. The van der Waals surface area contributed by atoms with E-state index in [1.54, 1.807) is 42.3 Å². The highest BCUT2D eigenvalue weighted by atomic mass is 79.9. The van der Waals surface area contributed by atoms with Crippen molar-refractivity contribution in [1.82, 2.24) is 4.90 Å². The molecule has 6 nitrogen and oxygen atoms in total. The lowest BCUT2D eigenvalue weighted by atomic mass is 10.1. The Balaban J connectivity index is 1.34. The second-order valence-corrected chi connectivity index (χ2v) is 10.5. The standard InChI is InChI=1S/C28H25BrFN3O3S/c1-32-27(34)26(37-28(32)31-22-7-9-23(10-8-22)33-12-14-35-15-13-33)17-20-16-21(29)6-11-25(20)36-18-19-4-2-3-5-24(19)30/h2-11,16-17H,12-15,18H2,1H3/b26-17-,31-28?. The second-order valence-electron chi connectivity index (χ2n) is 8.55. The molecule has 2 saturated heterocycles. The van der Waals surface area contributed by atoms with Gasteiger partial charge in [-0.1, -0.05) is 34.1 Å². The Morgan fingerprint density at radius 1 is 1.11 bits per heavy atom. The Morgan fingerprint density at radius 3 is 2.62 bits per heavy atom. The fourth-order valence-corrected chi connectivity index (χ4v) is 5.35. The molecule has 0 N–H and O–H groups in total. The second kappa shape index (κ2) is 11.5. The Bertz CT molecular complexity index is 1360. The van der Waals surface area contributed by atoms with Gasteiger partial charge in [-0.3, -0.25) is 9.69 Å². The number of aliphatic imine (C=N–C) groups is 1. The number of anilines is 1. The van der Waals surface area contributed by atoms with Crippen molar-refractivity contribution in [3.63, 3.8) is 0 Å². The quantitative estimate of drug-likeness (QED) is 0.323. The van der Waals surface area contributed by atoms with Crippen molar-refractivity contribution in [1.29, 1.82) is 0 Å². The average molecular weight is 582 g/mol. The van der Waals surface area contributed by atoms with Gasteiger partial charge in [0.25, 0.3) is 5.91 Å². The van der Waals surface area contributed by atoms with Gasteiger partial charge in [-0.2, -0.15) is 0 Å². The smallest absolute Gasteiger partial charge is 0.266 e. The van der Waals surface area contributed by atoms with Gasteiger partial charge in [-0.05, 0) is 66.4 Å². The van der Waals surface area contributed by atoms with Gasteiger partial charge in [0.2, 0.25) is 0 Å². The number of amidine groups is 1. The summed E-state index contributed by atoms with van der Waals surface area (Å²) in [6.07, 6.45) is 1.79. The van der Waals surface area contributed by atoms with Crippen LogP contribution in [0, 0.1) is 5.82 Å². The molecule has 37 heavy (non-hydrogen) atoms. The van der Waals surface area contributed by atoms with Crippen LogP contribution in [-0.4, -0.2) is 49.3 Å². The molecule has 3 aromatic carbocycles. The van der Waals surface area contributed by atoms with E-state index in [0.29, 0.717) is 26.9 Å². The largest absolute Gasteiger partial charge is 0.488 e. The summed E-state index contributed by atoms with van der Waals surface area (Å²) in [5, 5.41) is 0.596. The number of nitrogens with zero attached hydrogens (tertiary/aromatic N) is 3. The first-order valence-electron chi connectivity index (χ1n) is 11.8. The van der Waals surface area contributed by atoms with Crippen LogP contribution < -0.4 is 9.64 Å². The van der Waals surface area contributed by atoms with Gasteiger partial charge in [0.1, 0.15) is 18.2 Å². The topological polar surface area (TPSA) is 54.4 Å². The van der Waals surface area contributed by atoms with Gasteiger partial charge in [-0.25, -0.2) is 9.38 Å². The fourth-order valence-electron chi connectivity index (χ4n) is 4.00. The number of likely N-dealkylation sites (N-methyl/N-ethyl adjacent to an activating group) is 1. The molecule has 0 saturated carbocycles. The average Bonchev–Trinajstić information content (AvgIpc) is 3.17. The number of hydrogen-bond acceptors (Lipinski definition) is 6. The van der Waals surface area contributed by atoms with Crippen molar-refractivity contribution in [3.05, 3.63) is 93.1 Å². The van der Waals surface area contributed by atoms with Crippen LogP contribution in [0.4, 0.5) is 15.8 Å². The van der Waals surface area contributed by atoms with Crippen LogP contribution in [0.1, 0.15) is 11.1 Å². The van der Waals surface area contributed by atoms with Crippen LogP contribution in [0.3, 0.4) is 0 Å². The van der Waals surface area contributed by atoms with E-state index in [0.717, 1.165) is 42.2 Å². The molecule has 1 amide bonds. The summed E-state index contributed by atoms with van der Waals surface area (Å²) in [4.78, 5) is 22.1. The third-order valence-corrected chi connectivity index (χ3v) is 7.61. The number of carbonyl (C=O) groups excluding carboxylic acids is 1. The van der Waals surface area contributed by atoms with Gasteiger partial charge in [0.05, 0.1) is 23.8 Å². The molecule has 190 valence electrons. The van der Waals surface area contributed by atoms with Crippen molar-refractivity contribution < 1.29 is 18.7 Å². The normalized spacial score (nSPS) is 18.2. The lowest BCUT2D eigenvalue weighted by Gasteiger charge is -2.28. The first-order valence-corrected chi connectivity index (χ1v) is 13.4. The van der Waals surface area contributed by atoms with Gasteiger partial charge < -0.3 is 14.4 Å². The maximum Gasteiger partial charge on any atom is 0.266 e. The lowest BCUT2D eigenvalue weighted by molar-refractivity contribution is -0.121. The molecule has 2 fully saturated rings. The van der Waals surface area contributed by atoms with Crippen LogP contribution in [0.2, 0.25) is 0 Å². The van der Waals surface area contributed by atoms with Gasteiger partial charge in [0.15, 0.2) is 5.17 Å². The molecular formula is C28H25BrFN3O3S. The number of ether oxygens (including phenoxy) is 2. The van der Waals surface area contributed by atoms with Crippen LogP contribution in [-0.2, 0) is 16.1 Å². The summed E-state index contributed by atoms with van der Waals surface area (Å²) in [7, 11) is 1.72. The van der Waals surface area contributed by atoms with Gasteiger partial charge in [0, 0.05) is 41.4 Å². The minimum atomic E-state index is -0.318. The summed E-state index contributed by atoms with van der Waals surface area (Å²) in [5.41, 5.74) is 3.08. The summed E-state index contributed by atoms with van der Waals surface area (Å²) < 4.78 is 26.2. The zero-order valence-electron chi connectivity index (χ0n) is 20.2. The zero-order valence-corrected chi connectivity index (χ0v) is 22.6. The predicted octanol–water partition coefficient (Wildman–Crippen LogP) is 6.24. The Hall–Kier alpha value is -3.14. The highest BCUT2D eigenvalue weighted by molar-refractivity contribution is 9.10. The van der Waals surface area contributed by atoms with E-state index in [9.17, 15) is 9.18 Å². The Labute approximate surface area is 227 Å². The number of rotatable bonds is 6. The molecule has 0 spiro atoms. The van der Waals surface area contributed by atoms with E-state index in [1.165, 1.54) is 17.8 Å². The number of benzene rings is 3. The third kappa shape index (κ3) is 6.06. The lowest BCUT2D eigenvalue weighted by Crippen LogP contribution is -2.36.